The molecule has 0 amide bonds. The summed E-state index contributed by atoms with van der Waals surface area (Å²) >= 11 is 0. The van der Waals surface area contributed by atoms with Crippen LogP contribution in [0.1, 0.15) is 51.8 Å². The Morgan fingerprint density at radius 1 is 1.38 bits per heavy atom. The minimum absolute atomic E-state index is 0.327. The summed E-state index contributed by atoms with van der Waals surface area (Å²) < 4.78 is 5.44. The maximum atomic E-state index is 5.44. The second kappa shape index (κ2) is 5.05. The molecule has 0 spiro atoms. The third kappa shape index (κ3) is 2.67. The van der Waals surface area contributed by atoms with Crippen LogP contribution in [-0.2, 0) is 0 Å². The van der Waals surface area contributed by atoms with E-state index in [1.807, 2.05) is 6.07 Å². The van der Waals surface area contributed by atoms with Gasteiger partial charge < -0.3 is 9.73 Å². The molecule has 1 aromatic heterocycles. The summed E-state index contributed by atoms with van der Waals surface area (Å²) in [4.78, 5) is 0. The van der Waals surface area contributed by atoms with Crippen molar-refractivity contribution >= 4 is 0 Å². The molecule has 2 heteroatoms. The first-order valence-electron chi connectivity index (χ1n) is 6.46. The molecular formula is C14H23NO. The Balaban J connectivity index is 1.93. The van der Waals surface area contributed by atoms with E-state index in [4.69, 9.17) is 4.42 Å². The van der Waals surface area contributed by atoms with E-state index in [0.29, 0.717) is 12.1 Å². The van der Waals surface area contributed by atoms with Gasteiger partial charge in [-0.2, -0.15) is 0 Å². The van der Waals surface area contributed by atoms with E-state index < -0.39 is 0 Å². The summed E-state index contributed by atoms with van der Waals surface area (Å²) in [6.07, 6.45) is 5.78. The van der Waals surface area contributed by atoms with Gasteiger partial charge in [-0.05, 0) is 43.7 Å². The average molecular weight is 221 g/mol. The first-order chi connectivity index (χ1) is 7.66. The molecule has 0 aromatic carbocycles. The fourth-order valence-corrected chi connectivity index (χ4v) is 2.71. The van der Waals surface area contributed by atoms with Crippen molar-refractivity contribution in [2.75, 3.05) is 0 Å². The number of furan rings is 1. The minimum Gasteiger partial charge on any atom is -0.468 e. The molecule has 2 rings (SSSR count). The first-order valence-corrected chi connectivity index (χ1v) is 6.46. The fourth-order valence-electron chi connectivity index (χ4n) is 2.71. The van der Waals surface area contributed by atoms with Crippen LogP contribution in [0, 0.1) is 11.8 Å². The SMILES string of the molecule is CC1CCC(C)C(N[C@H](C)c2ccco2)C1. The third-order valence-corrected chi connectivity index (χ3v) is 3.89. The van der Waals surface area contributed by atoms with Crippen LogP contribution in [0.2, 0.25) is 0 Å². The van der Waals surface area contributed by atoms with E-state index >= 15 is 0 Å². The molecule has 1 saturated carbocycles. The highest BCUT2D eigenvalue weighted by Crippen LogP contribution is 2.30. The van der Waals surface area contributed by atoms with Gasteiger partial charge in [0.15, 0.2) is 0 Å². The summed E-state index contributed by atoms with van der Waals surface area (Å²) in [6.45, 7) is 6.90. The fraction of sp³-hybridized carbons (Fsp3) is 0.714. The van der Waals surface area contributed by atoms with Gasteiger partial charge in [-0.15, -0.1) is 0 Å². The standard InChI is InChI=1S/C14H23NO/c1-10-6-7-11(2)13(9-10)15-12(3)14-5-4-8-16-14/h4-5,8,10-13,15H,6-7,9H2,1-3H3/t10?,11?,12-,13?/m1/s1. The highest BCUT2D eigenvalue weighted by atomic mass is 16.3. The molecule has 1 heterocycles. The molecule has 0 aliphatic heterocycles. The molecule has 4 atom stereocenters. The van der Waals surface area contributed by atoms with Gasteiger partial charge in [-0.25, -0.2) is 0 Å². The largest absolute Gasteiger partial charge is 0.468 e. The molecule has 0 radical (unpaired) electrons. The van der Waals surface area contributed by atoms with Gasteiger partial charge in [0.25, 0.3) is 0 Å². The Hall–Kier alpha value is -0.760. The molecule has 1 aliphatic carbocycles. The van der Waals surface area contributed by atoms with Crippen molar-refractivity contribution in [2.24, 2.45) is 11.8 Å². The van der Waals surface area contributed by atoms with Crippen LogP contribution in [0.15, 0.2) is 22.8 Å². The zero-order valence-electron chi connectivity index (χ0n) is 10.6. The van der Waals surface area contributed by atoms with Crippen LogP contribution < -0.4 is 5.32 Å². The van der Waals surface area contributed by atoms with Crippen LogP contribution >= 0.6 is 0 Å². The van der Waals surface area contributed by atoms with Crippen molar-refractivity contribution in [1.82, 2.24) is 5.32 Å². The molecular weight excluding hydrogens is 198 g/mol. The molecule has 0 bridgehead atoms. The molecule has 90 valence electrons. The van der Waals surface area contributed by atoms with E-state index in [-0.39, 0.29) is 0 Å². The zero-order valence-corrected chi connectivity index (χ0v) is 10.6. The summed E-state index contributed by atoms with van der Waals surface area (Å²) in [5.74, 6) is 2.69. The molecule has 1 N–H and O–H groups in total. The van der Waals surface area contributed by atoms with Crippen molar-refractivity contribution in [2.45, 2.75) is 52.1 Å². The minimum atomic E-state index is 0.327. The second-order valence-corrected chi connectivity index (χ2v) is 5.41. The Morgan fingerprint density at radius 2 is 2.19 bits per heavy atom. The van der Waals surface area contributed by atoms with E-state index in [0.717, 1.165) is 17.6 Å². The quantitative estimate of drug-likeness (QED) is 0.840. The van der Waals surface area contributed by atoms with E-state index in [9.17, 15) is 0 Å². The summed E-state index contributed by atoms with van der Waals surface area (Å²) in [7, 11) is 0. The Labute approximate surface area is 98.4 Å². The second-order valence-electron chi connectivity index (χ2n) is 5.41. The van der Waals surface area contributed by atoms with Gasteiger partial charge in [0.2, 0.25) is 0 Å². The summed E-state index contributed by atoms with van der Waals surface area (Å²) in [5.41, 5.74) is 0. The molecule has 2 nitrogen and oxygen atoms in total. The Morgan fingerprint density at radius 3 is 2.88 bits per heavy atom. The van der Waals surface area contributed by atoms with Crippen molar-refractivity contribution in [1.29, 1.82) is 0 Å². The zero-order chi connectivity index (χ0) is 11.5. The topological polar surface area (TPSA) is 25.2 Å². The number of hydrogen-bond donors (Lipinski definition) is 1. The highest BCUT2D eigenvalue weighted by Gasteiger charge is 2.26. The van der Waals surface area contributed by atoms with Crippen molar-refractivity contribution < 1.29 is 4.42 Å². The van der Waals surface area contributed by atoms with E-state index in [1.165, 1.54) is 19.3 Å². The molecule has 3 unspecified atom stereocenters. The third-order valence-electron chi connectivity index (χ3n) is 3.89. The molecule has 1 aliphatic rings. The predicted molar refractivity (Wildman–Crippen MR) is 66.2 cm³/mol. The number of rotatable bonds is 3. The molecule has 1 aromatic rings. The summed E-state index contributed by atoms with van der Waals surface area (Å²) in [6, 6.07) is 4.98. The summed E-state index contributed by atoms with van der Waals surface area (Å²) in [5, 5.41) is 3.71. The molecule has 16 heavy (non-hydrogen) atoms. The van der Waals surface area contributed by atoms with Crippen LogP contribution in [0.4, 0.5) is 0 Å². The lowest BCUT2D eigenvalue weighted by molar-refractivity contribution is 0.210. The normalized spacial score (nSPS) is 32.6. The number of nitrogens with one attached hydrogen (secondary N) is 1. The lowest BCUT2D eigenvalue weighted by atomic mass is 9.80. The van der Waals surface area contributed by atoms with Gasteiger partial charge in [0.05, 0.1) is 12.3 Å². The van der Waals surface area contributed by atoms with Crippen molar-refractivity contribution in [3.05, 3.63) is 24.2 Å². The lowest BCUT2D eigenvalue weighted by Crippen LogP contribution is -2.40. The van der Waals surface area contributed by atoms with Gasteiger partial charge in [-0.1, -0.05) is 20.3 Å². The Kier molecular flexibility index (Phi) is 3.70. The predicted octanol–water partition coefficient (Wildman–Crippen LogP) is 3.75. The van der Waals surface area contributed by atoms with Crippen LogP contribution in [0.25, 0.3) is 0 Å². The van der Waals surface area contributed by atoms with Crippen molar-refractivity contribution in [3.8, 4) is 0 Å². The molecule has 0 saturated heterocycles. The van der Waals surface area contributed by atoms with E-state index in [1.54, 1.807) is 6.26 Å². The average Bonchev–Trinajstić information content (AvgIpc) is 2.76. The van der Waals surface area contributed by atoms with E-state index in [2.05, 4.69) is 32.2 Å². The van der Waals surface area contributed by atoms with Gasteiger partial charge in [0.1, 0.15) is 5.76 Å². The van der Waals surface area contributed by atoms with Gasteiger partial charge in [0, 0.05) is 6.04 Å². The maximum Gasteiger partial charge on any atom is 0.120 e. The first kappa shape index (κ1) is 11.7. The highest BCUT2D eigenvalue weighted by molar-refractivity contribution is 5.03. The smallest absolute Gasteiger partial charge is 0.120 e. The van der Waals surface area contributed by atoms with Crippen molar-refractivity contribution in [3.63, 3.8) is 0 Å². The monoisotopic (exact) mass is 221 g/mol. The maximum absolute atomic E-state index is 5.44. The van der Waals surface area contributed by atoms with Crippen LogP contribution in [0.5, 0.6) is 0 Å². The Bertz CT molecular complexity index is 307. The van der Waals surface area contributed by atoms with Crippen LogP contribution in [0.3, 0.4) is 0 Å². The lowest BCUT2D eigenvalue weighted by Gasteiger charge is -2.35. The van der Waals surface area contributed by atoms with Gasteiger partial charge in [-0.3, -0.25) is 0 Å². The molecule has 1 fully saturated rings. The number of hydrogen-bond acceptors (Lipinski definition) is 2. The van der Waals surface area contributed by atoms with Crippen LogP contribution in [-0.4, -0.2) is 6.04 Å². The van der Waals surface area contributed by atoms with Gasteiger partial charge >= 0.3 is 0 Å².